The minimum Gasteiger partial charge on any atom is -0.487 e. The summed E-state index contributed by atoms with van der Waals surface area (Å²) in [4.78, 5) is 4.91. The van der Waals surface area contributed by atoms with Gasteiger partial charge in [0.25, 0.3) is 0 Å². The van der Waals surface area contributed by atoms with Crippen molar-refractivity contribution in [2.75, 3.05) is 92.5 Å². The van der Waals surface area contributed by atoms with Crippen molar-refractivity contribution in [3.8, 4) is 11.5 Å². The Bertz CT molecular complexity index is 591. The van der Waals surface area contributed by atoms with Gasteiger partial charge in [-0.3, -0.25) is 4.84 Å². The highest BCUT2D eigenvalue weighted by atomic mass is 16.6. The van der Waals surface area contributed by atoms with Crippen molar-refractivity contribution < 1.29 is 42.7 Å². The Hall–Kier alpha value is -1.50. The molecule has 0 aliphatic carbocycles. The molecule has 1 atom stereocenters. The van der Waals surface area contributed by atoms with Gasteiger partial charge in [-0.2, -0.15) is 0 Å². The van der Waals surface area contributed by atoms with Gasteiger partial charge in [-0.05, 0) is 24.6 Å². The lowest BCUT2D eigenvalue weighted by molar-refractivity contribution is -0.0193. The largest absolute Gasteiger partial charge is 0.487 e. The number of hydrogen-bond donors (Lipinski definition) is 1. The van der Waals surface area contributed by atoms with E-state index in [1.165, 1.54) is 0 Å². The van der Waals surface area contributed by atoms with Crippen molar-refractivity contribution >= 4 is 0 Å². The van der Waals surface area contributed by atoms with Gasteiger partial charge < -0.3 is 37.9 Å². The lowest BCUT2D eigenvalue weighted by atomic mass is 10.1. The van der Waals surface area contributed by atoms with Gasteiger partial charge in [0, 0.05) is 0 Å². The second kappa shape index (κ2) is 18.0. The molecule has 0 aromatic heterocycles. The molecule has 184 valence electrons. The Balaban J connectivity index is 1.82. The summed E-state index contributed by atoms with van der Waals surface area (Å²) in [7, 11) is 0. The second-order valence-corrected chi connectivity index (χ2v) is 6.86. The minimum atomic E-state index is -0.266. The van der Waals surface area contributed by atoms with Crippen LogP contribution >= 0.6 is 0 Å². The Morgan fingerprint density at radius 3 is 1.38 bits per heavy atom. The number of nitrogens with two attached hydrogens (primary N) is 1. The fraction of sp³-hybridized carbons (Fsp3) is 0.727. The van der Waals surface area contributed by atoms with Gasteiger partial charge in [0.2, 0.25) is 0 Å². The molecule has 1 aromatic carbocycles. The van der Waals surface area contributed by atoms with Crippen LogP contribution in [0.1, 0.15) is 18.6 Å². The molecular formula is C22H37NO9. The Morgan fingerprint density at radius 2 is 0.969 bits per heavy atom. The van der Waals surface area contributed by atoms with Gasteiger partial charge in [0.05, 0.1) is 79.3 Å². The van der Waals surface area contributed by atoms with Crippen molar-refractivity contribution in [2.45, 2.75) is 13.0 Å². The van der Waals surface area contributed by atoms with Gasteiger partial charge in [-0.15, -0.1) is 0 Å². The van der Waals surface area contributed by atoms with Crippen LogP contribution in [-0.4, -0.2) is 92.5 Å². The second-order valence-electron chi connectivity index (χ2n) is 6.86. The Morgan fingerprint density at radius 1 is 0.594 bits per heavy atom. The number of ether oxygens (including phenoxy) is 8. The average Bonchev–Trinajstić information content (AvgIpc) is 2.81. The van der Waals surface area contributed by atoms with E-state index in [-0.39, 0.29) is 6.10 Å². The highest BCUT2D eigenvalue weighted by molar-refractivity contribution is 5.43. The van der Waals surface area contributed by atoms with Crippen molar-refractivity contribution in [3.05, 3.63) is 23.8 Å². The quantitative estimate of drug-likeness (QED) is 0.654. The molecule has 0 fully saturated rings. The van der Waals surface area contributed by atoms with E-state index in [1.807, 2.05) is 25.1 Å². The van der Waals surface area contributed by atoms with Crippen LogP contribution < -0.4 is 15.4 Å². The van der Waals surface area contributed by atoms with Crippen LogP contribution in [0.2, 0.25) is 0 Å². The van der Waals surface area contributed by atoms with Crippen LogP contribution in [0, 0.1) is 0 Å². The van der Waals surface area contributed by atoms with Gasteiger partial charge in [-0.25, -0.2) is 5.90 Å². The van der Waals surface area contributed by atoms with Crippen LogP contribution in [0.15, 0.2) is 18.2 Å². The standard InChI is InChI=1S/C22H37NO9/c1-19(32-23)20-2-3-21-22(18-20)31-17-15-29-13-11-27-9-7-25-5-4-24-6-8-26-10-12-28-14-16-30-21/h2-3,18-19H,4-17,23H2,1H3. The van der Waals surface area contributed by atoms with E-state index < -0.39 is 0 Å². The van der Waals surface area contributed by atoms with Gasteiger partial charge in [-0.1, -0.05) is 6.07 Å². The summed E-state index contributed by atoms with van der Waals surface area (Å²) >= 11 is 0. The number of hydrogen-bond acceptors (Lipinski definition) is 10. The van der Waals surface area contributed by atoms with E-state index in [2.05, 4.69) is 0 Å². The minimum absolute atomic E-state index is 0.266. The van der Waals surface area contributed by atoms with Gasteiger partial charge in [0.15, 0.2) is 11.5 Å². The molecular weight excluding hydrogens is 422 g/mol. The van der Waals surface area contributed by atoms with Crippen molar-refractivity contribution in [2.24, 2.45) is 5.90 Å². The van der Waals surface area contributed by atoms with Crippen molar-refractivity contribution in [1.29, 1.82) is 0 Å². The predicted molar refractivity (Wildman–Crippen MR) is 116 cm³/mol. The monoisotopic (exact) mass is 459 g/mol. The molecule has 1 aromatic rings. The summed E-state index contributed by atoms with van der Waals surface area (Å²) in [6, 6.07) is 5.59. The summed E-state index contributed by atoms with van der Waals surface area (Å²) in [5.74, 6) is 6.53. The maximum atomic E-state index is 5.88. The molecule has 10 nitrogen and oxygen atoms in total. The Kier molecular flexibility index (Phi) is 15.0. The molecule has 32 heavy (non-hydrogen) atoms. The van der Waals surface area contributed by atoms with Crippen molar-refractivity contribution in [1.82, 2.24) is 0 Å². The van der Waals surface area contributed by atoms with Crippen LogP contribution in [0.3, 0.4) is 0 Å². The van der Waals surface area contributed by atoms with Gasteiger partial charge in [0.1, 0.15) is 19.3 Å². The zero-order valence-electron chi connectivity index (χ0n) is 19.0. The average molecular weight is 460 g/mol. The molecule has 0 amide bonds. The molecule has 0 radical (unpaired) electrons. The highest BCUT2D eigenvalue weighted by Crippen LogP contribution is 2.31. The van der Waals surface area contributed by atoms with E-state index in [1.54, 1.807) is 0 Å². The maximum absolute atomic E-state index is 5.88. The first-order chi connectivity index (χ1) is 15.8. The first-order valence-corrected chi connectivity index (χ1v) is 11.0. The molecule has 1 unspecified atom stereocenters. The van der Waals surface area contributed by atoms with E-state index >= 15 is 0 Å². The number of fused-ring (bicyclic) bond motifs is 1. The summed E-state index contributed by atoms with van der Waals surface area (Å²) < 4.78 is 44.6. The van der Waals surface area contributed by atoms with Crippen LogP contribution in [0.5, 0.6) is 11.5 Å². The maximum Gasteiger partial charge on any atom is 0.161 e. The molecule has 0 saturated carbocycles. The molecule has 1 aliphatic heterocycles. The first-order valence-electron chi connectivity index (χ1n) is 11.0. The van der Waals surface area contributed by atoms with E-state index in [0.717, 1.165) is 5.56 Å². The Labute approximate surface area is 190 Å². The molecule has 0 bridgehead atoms. The lowest BCUT2D eigenvalue weighted by Crippen LogP contribution is -2.16. The molecule has 2 rings (SSSR count). The fourth-order valence-electron chi connectivity index (χ4n) is 2.71. The molecule has 1 aliphatic rings. The summed E-state index contributed by atoms with van der Waals surface area (Å²) in [5, 5.41) is 0. The predicted octanol–water partition coefficient (Wildman–Crippen LogP) is 1.51. The third-order valence-electron chi connectivity index (χ3n) is 4.47. The van der Waals surface area contributed by atoms with Crippen LogP contribution in [0.4, 0.5) is 0 Å². The van der Waals surface area contributed by atoms with E-state index in [9.17, 15) is 0 Å². The smallest absolute Gasteiger partial charge is 0.161 e. The highest BCUT2D eigenvalue weighted by Gasteiger charge is 2.11. The normalized spacial score (nSPS) is 20.7. The SMILES string of the molecule is CC(ON)c1ccc2c(c1)OCCOCCOCCOCCOCCOCCOCCO2. The molecule has 2 N–H and O–H groups in total. The van der Waals surface area contributed by atoms with E-state index in [4.69, 9.17) is 48.6 Å². The summed E-state index contributed by atoms with van der Waals surface area (Å²) in [6.07, 6.45) is -0.266. The summed E-state index contributed by atoms with van der Waals surface area (Å²) in [6.45, 7) is 8.54. The number of rotatable bonds is 2. The topological polar surface area (TPSA) is 109 Å². The van der Waals surface area contributed by atoms with Gasteiger partial charge >= 0.3 is 0 Å². The van der Waals surface area contributed by atoms with Crippen molar-refractivity contribution in [3.63, 3.8) is 0 Å². The zero-order chi connectivity index (χ0) is 22.7. The molecule has 1 heterocycles. The first kappa shape index (κ1) is 26.7. The van der Waals surface area contributed by atoms with Crippen LogP contribution in [0.25, 0.3) is 0 Å². The summed E-state index contributed by atoms with van der Waals surface area (Å²) in [5.41, 5.74) is 0.886. The van der Waals surface area contributed by atoms with Crippen LogP contribution in [-0.2, 0) is 33.3 Å². The lowest BCUT2D eigenvalue weighted by Gasteiger charge is -2.16. The zero-order valence-corrected chi connectivity index (χ0v) is 19.0. The number of benzene rings is 1. The fourth-order valence-corrected chi connectivity index (χ4v) is 2.71. The molecule has 0 saturated heterocycles. The molecule has 10 heteroatoms. The third-order valence-corrected chi connectivity index (χ3v) is 4.47. The third kappa shape index (κ3) is 11.9. The van der Waals surface area contributed by atoms with E-state index in [0.29, 0.717) is 104 Å². The molecule has 0 spiro atoms.